The van der Waals surface area contributed by atoms with E-state index < -0.39 is 0 Å². The number of nitrogens with zero attached hydrogens (tertiary/aromatic N) is 1. The first kappa shape index (κ1) is 10.7. The maximum Gasteiger partial charge on any atom is 0.124 e. The smallest absolute Gasteiger partial charge is 0.124 e. The van der Waals surface area contributed by atoms with E-state index in [1.54, 1.807) is 12.3 Å². The summed E-state index contributed by atoms with van der Waals surface area (Å²) < 4.78 is 0. The van der Waals surface area contributed by atoms with Crippen LogP contribution in [0.1, 0.15) is 5.56 Å². The van der Waals surface area contributed by atoms with Gasteiger partial charge in [-0.25, -0.2) is 0 Å². The van der Waals surface area contributed by atoms with Gasteiger partial charge in [-0.15, -0.1) is 0 Å². The minimum atomic E-state index is 0.275. The quantitative estimate of drug-likeness (QED) is 0.728. The van der Waals surface area contributed by atoms with E-state index in [1.165, 1.54) is 0 Å². The lowest BCUT2D eigenvalue weighted by Crippen LogP contribution is -2.10. The molecule has 2 aromatic rings. The number of hydrogen-bond acceptors (Lipinski definition) is 3. The average Bonchev–Trinajstić information content (AvgIpc) is 2.75. The number of phenolic OH excluding ortho intramolecular Hbond substituents is 1. The third kappa shape index (κ3) is 2.06. The Morgan fingerprint density at radius 1 is 1.38 bits per heavy atom. The number of aromatic nitrogens is 2. The Labute approximate surface area is 94.3 Å². The Kier molecular flexibility index (Phi) is 3.22. The van der Waals surface area contributed by atoms with Gasteiger partial charge in [-0.2, -0.15) is 5.10 Å². The summed E-state index contributed by atoms with van der Waals surface area (Å²) >= 11 is 0. The van der Waals surface area contributed by atoms with Crippen LogP contribution < -0.4 is 5.32 Å². The van der Waals surface area contributed by atoms with Crippen LogP contribution in [0.3, 0.4) is 0 Å². The number of benzene rings is 1. The Morgan fingerprint density at radius 3 is 2.94 bits per heavy atom. The molecule has 1 aromatic heterocycles. The molecule has 16 heavy (non-hydrogen) atoms. The third-order valence-corrected chi connectivity index (χ3v) is 2.54. The van der Waals surface area contributed by atoms with Crippen LogP contribution in [-0.2, 0) is 6.42 Å². The first-order valence-corrected chi connectivity index (χ1v) is 5.28. The number of aromatic amines is 1. The molecule has 0 atom stereocenters. The van der Waals surface area contributed by atoms with E-state index in [0.717, 1.165) is 29.8 Å². The molecule has 0 bridgehead atoms. The van der Waals surface area contributed by atoms with Crippen molar-refractivity contribution in [2.24, 2.45) is 0 Å². The highest BCUT2D eigenvalue weighted by molar-refractivity contribution is 5.69. The highest BCUT2D eigenvalue weighted by Crippen LogP contribution is 2.29. The lowest BCUT2D eigenvalue weighted by Gasteiger charge is -2.05. The number of aromatic hydroxyl groups is 1. The van der Waals surface area contributed by atoms with Gasteiger partial charge in [-0.05, 0) is 37.7 Å². The predicted octanol–water partition coefficient (Wildman–Crippen LogP) is 1.54. The van der Waals surface area contributed by atoms with Crippen molar-refractivity contribution in [3.05, 3.63) is 36.0 Å². The Hall–Kier alpha value is -1.81. The van der Waals surface area contributed by atoms with Gasteiger partial charge in [0.25, 0.3) is 0 Å². The van der Waals surface area contributed by atoms with Crippen molar-refractivity contribution < 1.29 is 5.11 Å². The van der Waals surface area contributed by atoms with E-state index in [-0.39, 0.29) is 5.75 Å². The second-order valence-corrected chi connectivity index (χ2v) is 3.64. The summed E-state index contributed by atoms with van der Waals surface area (Å²) in [6.45, 7) is 0.889. The average molecular weight is 217 g/mol. The maximum atomic E-state index is 9.77. The number of rotatable bonds is 4. The maximum absolute atomic E-state index is 9.77. The fourth-order valence-electron chi connectivity index (χ4n) is 1.68. The second kappa shape index (κ2) is 4.81. The van der Waals surface area contributed by atoms with Crippen molar-refractivity contribution in [3.63, 3.8) is 0 Å². The SMILES string of the molecule is CNCCc1cn[nH]c1-c1ccccc1O. The molecule has 0 aliphatic carbocycles. The number of H-pyrrole nitrogens is 1. The Balaban J connectivity index is 2.33. The normalized spacial score (nSPS) is 10.6. The van der Waals surface area contributed by atoms with Crippen molar-refractivity contribution in [2.45, 2.75) is 6.42 Å². The minimum Gasteiger partial charge on any atom is -0.507 e. The van der Waals surface area contributed by atoms with Crippen molar-refractivity contribution in [2.75, 3.05) is 13.6 Å². The molecule has 4 nitrogen and oxygen atoms in total. The van der Waals surface area contributed by atoms with Crippen molar-refractivity contribution in [1.82, 2.24) is 15.5 Å². The number of hydrogen-bond donors (Lipinski definition) is 3. The zero-order valence-corrected chi connectivity index (χ0v) is 9.20. The monoisotopic (exact) mass is 217 g/mol. The molecule has 0 aliphatic rings. The van der Waals surface area contributed by atoms with Crippen molar-refractivity contribution in [1.29, 1.82) is 0 Å². The summed E-state index contributed by atoms with van der Waals surface area (Å²) in [5.74, 6) is 0.275. The molecule has 0 amide bonds. The van der Waals surface area contributed by atoms with Gasteiger partial charge in [-0.3, -0.25) is 5.10 Å². The van der Waals surface area contributed by atoms with Crippen LogP contribution >= 0.6 is 0 Å². The van der Waals surface area contributed by atoms with Gasteiger partial charge in [0.05, 0.1) is 11.9 Å². The highest BCUT2D eigenvalue weighted by atomic mass is 16.3. The van der Waals surface area contributed by atoms with E-state index >= 15 is 0 Å². The van der Waals surface area contributed by atoms with Crippen molar-refractivity contribution in [3.8, 4) is 17.0 Å². The summed E-state index contributed by atoms with van der Waals surface area (Å²) in [7, 11) is 1.92. The minimum absolute atomic E-state index is 0.275. The lowest BCUT2D eigenvalue weighted by atomic mass is 10.1. The van der Waals surface area contributed by atoms with E-state index in [4.69, 9.17) is 0 Å². The molecule has 0 saturated carbocycles. The number of para-hydroxylation sites is 1. The highest BCUT2D eigenvalue weighted by Gasteiger charge is 2.10. The first-order chi connectivity index (χ1) is 7.83. The number of phenols is 1. The van der Waals surface area contributed by atoms with Gasteiger partial charge in [0.2, 0.25) is 0 Å². The summed E-state index contributed by atoms with van der Waals surface area (Å²) in [5, 5.41) is 19.8. The van der Waals surface area contributed by atoms with Gasteiger partial charge in [0.15, 0.2) is 0 Å². The first-order valence-electron chi connectivity index (χ1n) is 5.28. The van der Waals surface area contributed by atoms with E-state index in [9.17, 15) is 5.11 Å². The fourth-order valence-corrected chi connectivity index (χ4v) is 1.68. The molecule has 0 radical (unpaired) electrons. The Morgan fingerprint density at radius 2 is 2.19 bits per heavy atom. The summed E-state index contributed by atoms with van der Waals surface area (Å²) in [5.41, 5.74) is 2.80. The molecule has 84 valence electrons. The van der Waals surface area contributed by atoms with Crippen LogP contribution in [0.5, 0.6) is 5.75 Å². The Bertz CT molecular complexity index is 465. The molecular weight excluding hydrogens is 202 g/mol. The number of likely N-dealkylation sites (N-methyl/N-ethyl adjacent to an activating group) is 1. The summed E-state index contributed by atoms with van der Waals surface area (Å²) in [6.07, 6.45) is 2.69. The molecule has 0 fully saturated rings. The molecule has 1 aromatic carbocycles. The van der Waals surface area contributed by atoms with Gasteiger partial charge in [0, 0.05) is 5.56 Å². The standard InChI is InChI=1S/C12H15N3O/c1-13-7-6-9-8-14-15-12(9)10-4-2-3-5-11(10)16/h2-5,8,13,16H,6-7H2,1H3,(H,14,15). The lowest BCUT2D eigenvalue weighted by molar-refractivity contribution is 0.477. The fraction of sp³-hybridized carbons (Fsp3) is 0.250. The van der Waals surface area contributed by atoms with E-state index in [1.807, 2.05) is 25.2 Å². The molecule has 4 heteroatoms. The van der Waals surface area contributed by atoms with E-state index in [2.05, 4.69) is 15.5 Å². The molecule has 0 unspecified atom stereocenters. The zero-order valence-electron chi connectivity index (χ0n) is 9.20. The van der Waals surface area contributed by atoms with Crippen molar-refractivity contribution >= 4 is 0 Å². The third-order valence-electron chi connectivity index (χ3n) is 2.54. The van der Waals surface area contributed by atoms with E-state index in [0.29, 0.717) is 0 Å². The van der Waals surface area contributed by atoms with Gasteiger partial charge in [-0.1, -0.05) is 12.1 Å². The molecule has 0 spiro atoms. The van der Waals surface area contributed by atoms with Gasteiger partial charge < -0.3 is 10.4 Å². The van der Waals surface area contributed by atoms with Crippen LogP contribution in [-0.4, -0.2) is 28.9 Å². The molecular formula is C12H15N3O. The molecule has 0 aliphatic heterocycles. The molecule has 3 N–H and O–H groups in total. The van der Waals surface area contributed by atoms with Crippen LogP contribution in [0, 0.1) is 0 Å². The molecule has 2 rings (SSSR count). The van der Waals surface area contributed by atoms with Crippen LogP contribution in [0.15, 0.2) is 30.5 Å². The second-order valence-electron chi connectivity index (χ2n) is 3.64. The zero-order chi connectivity index (χ0) is 11.4. The summed E-state index contributed by atoms with van der Waals surface area (Å²) in [4.78, 5) is 0. The van der Waals surface area contributed by atoms with Crippen LogP contribution in [0.4, 0.5) is 0 Å². The van der Waals surface area contributed by atoms with Crippen LogP contribution in [0.2, 0.25) is 0 Å². The topological polar surface area (TPSA) is 60.9 Å². The predicted molar refractivity (Wildman–Crippen MR) is 63.3 cm³/mol. The largest absolute Gasteiger partial charge is 0.507 e. The van der Waals surface area contributed by atoms with Gasteiger partial charge >= 0.3 is 0 Å². The molecule has 0 saturated heterocycles. The molecule has 1 heterocycles. The summed E-state index contributed by atoms with van der Waals surface area (Å²) in [6, 6.07) is 7.27. The van der Waals surface area contributed by atoms with Crippen LogP contribution in [0.25, 0.3) is 11.3 Å². The number of nitrogens with one attached hydrogen (secondary N) is 2. The van der Waals surface area contributed by atoms with Gasteiger partial charge in [0.1, 0.15) is 5.75 Å².